The van der Waals surface area contributed by atoms with Gasteiger partial charge in [0.2, 0.25) is 11.9 Å². The van der Waals surface area contributed by atoms with Crippen molar-refractivity contribution in [3.8, 4) is 0 Å². The second-order valence-electron chi connectivity index (χ2n) is 5.13. The minimum Gasteiger partial charge on any atom is -0.377 e. The third-order valence-electron chi connectivity index (χ3n) is 3.79. The highest BCUT2D eigenvalue weighted by atomic mass is 16.5. The number of aromatic nitrogens is 2. The Kier molecular flexibility index (Phi) is 3.78. The summed E-state index contributed by atoms with van der Waals surface area (Å²) in [5, 5.41) is 5.73. The van der Waals surface area contributed by atoms with Gasteiger partial charge < -0.3 is 24.8 Å². The van der Waals surface area contributed by atoms with Crippen LogP contribution in [-0.4, -0.2) is 65.7 Å². The number of aryl methyl sites for hydroxylation is 1. The molecule has 3 heterocycles. The van der Waals surface area contributed by atoms with Gasteiger partial charge in [0.15, 0.2) is 0 Å². The van der Waals surface area contributed by atoms with Gasteiger partial charge in [0.1, 0.15) is 11.7 Å². The average Bonchev–Trinajstić information content (AvgIpc) is 2.97. The first-order valence-corrected chi connectivity index (χ1v) is 7.12. The van der Waals surface area contributed by atoms with E-state index in [4.69, 9.17) is 4.74 Å². The zero-order chi connectivity index (χ0) is 14.8. The zero-order valence-electron chi connectivity index (χ0n) is 12.0. The molecule has 114 valence electrons. The third-order valence-corrected chi connectivity index (χ3v) is 3.79. The van der Waals surface area contributed by atoms with E-state index in [1.54, 1.807) is 13.2 Å². The second-order valence-corrected chi connectivity index (χ2v) is 5.13. The molecule has 8 nitrogen and oxygen atoms in total. The van der Waals surface area contributed by atoms with Crippen molar-refractivity contribution < 1.29 is 14.3 Å². The van der Waals surface area contributed by atoms with Gasteiger partial charge in [0.25, 0.3) is 5.91 Å². The molecule has 2 aliphatic heterocycles. The van der Waals surface area contributed by atoms with Crippen LogP contribution in [0.5, 0.6) is 0 Å². The maximum Gasteiger partial charge on any atom is 0.274 e. The number of hydrogen-bond acceptors (Lipinski definition) is 5. The highest BCUT2D eigenvalue weighted by molar-refractivity contribution is 5.96. The molecule has 8 heteroatoms. The summed E-state index contributed by atoms with van der Waals surface area (Å²) in [7, 11) is 1.55. The first kappa shape index (κ1) is 13.9. The number of carbonyl (C=O) groups excluding carboxylic acids is 2. The van der Waals surface area contributed by atoms with Gasteiger partial charge in [-0.1, -0.05) is 0 Å². The van der Waals surface area contributed by atoms with Crippen LogP contribution in [-0.2, 0) is 16.1 Å². The van der Waals surface area contributed by atoms with E-state index in [9.17, 15) is 9.59 Å². The van der Waals surface area contributed by atoms with Crippen molar-refractivity contribution in [2.75, 3.05) is 38.7 Å². The third kappa shape index (κ3) is 2.58. The van der Waals surface area contributed by atoms with Crippen LogP contribution in [0.3, 0.4) is 0 Å². The molecular formula is C13H19N5O3. The molecular weight excluding hydrogens is 274 g/mol. The number of morpholine rings is 1. The minimum atomic E-state index is -0.595. The van der Waals surface area contributed by atoms with Crippen LogP contribution in [0.15, 0.2) is 6.20 Å². The van der Waals surface area contributed by atoms with Gasteiger partial charge in [-0.05, 0) is 6.42 Å². The van der Waals surface area contributed by atoms with Crippen LogP contribution in [0.1, 0.15) is 16.9 Å². The summed E-state index contributed by atoms with van der Waals surface area (Å²) in [6, 6.07) is -0.595. The molecule has 1 aromatic rings. The Hall–Kier alpha value is -2.09. The lowest BCUT2D eigenvalue weighted by atomic mass is 10.2. The van der Waals surface area contributed by atoms with Crippen LogP contribution < -0.4 is 10.6 Å². The van der Waals surface area contributed by atoms with Gasteiger partial charge in [0.05, 0.1) is 13.2 Å². The zero-order valence-corrected chi connectivity index (χ0v) is 12.0. The highest BCUT2D eigenvalue weighted by Crippen LogP contribution is 2.17. The number of rotatable bonds is 2. The van der Waals surface area contributed by atoms with Crippen LogP contribution in [0.2, 0.25) is 0 Å². The summed E-state index contributed by atoms with van der Waals surface area (Å²) in [6.45, 7) is 2.77. The van der Waals surface area contributed by atoms with Gasteiger partial charge in [-0.3, -0.25) is 9.59 Å². The van der Waals surface area contributed by atoms with E-state index in [0.717, 1.165) is 19.5 Å². The molecule has 1 fully saturated rings. The monoisotopic (exact) mass is 293 g/mol. The number of amides is 2. The molecule has 1 aromatic heterocycles. The molecule has 0 aliphatic carbocycles. The number of carbonyl (C=O) groups is 2. The fraction of sp³-hybridized carbons (Fsp3) is 0.615. The number of imidazole rings is 1. The fourth-order valence-corrected chi connectivity index (χ4v) is 2.66. The van der Waals surface area contributed by atoms with E-state index in [1.807, 2.05) is 4.57 Å². The maximum atomic E-state index is 12.6. The van der Waals surface area contributed by atoms with E-state index in [2.05, 4.69) is 15.6 Å². The highest BCUT2D eigenvalue weighted by Gasteiger charge is 2.34. The van der Waals surface area contributed by atoms with E-state index in [-0.39, 0.29) is 18.4 Å². The summed E-state index contributed by atoms with van der Waals surface area (Å²) in [4.78, 5) is 30.4. The van der Waals surface area contributed by atoms with E-state index in [0.29, 0.717) is 24.8 Å². The summed E-state index contributed by atoms with van der Waals surface area (Å²) in [5.74, 6) is 0.273. The van der Waals surface area contributed by atoms with Gasteiger partial charge in [0, 0.05) is 32.9 Å². The Balaban J connectivity index is 1.82. The lowest BCUT2D eigenvalue weighted by Crippen LogP contribution is -2.55. The molecule has 0 radical (unpaired) electrons. The molecule has 1 saturated heterocycles. The van der Waals surface area contributed by atoms with Gasteiger partial charge in [-0.2, -0.15) is 0 Å². The van der Waals surface area contributed by atoms with Gasteiger partial charge in [-0.25, -0.2) is 4.98 Å². The van der Waals surface area contributed by atoms with Crippen molar-refractivity contribution in [1.82, 2.24) is 19.8 Å². The SMILES string of the molecule is CNC(=O)C1COCCN1C(=O)c1cn2c(n1)NCCC2. The molecule has 0 bridgehead atoms. The van der Waals surface area contributed by atoms with Crippen molar-refractivity contribution in [2.24, 2.45) is 0 Å². The molecule has 21 heavy (non-hydrogen) atoms. The number of fused-ring (bicyclic) bond motifs is 1. The number of nitrogens with one attached hydrogen (secondary N) is 2. The largest absolute Gasteiger partial charge is 0.377 e. The summed E-state index contributed by atoms with van der Waals surface area (Å²) >= 11 is 0. The number of nitrogens with zero attached hydrogens (tertiary/aromatic N) is 3. The van der Waals surface area contributed by atoms with E-state index >= 15 is 0 Å². The lowest BCUT2D eigenvalue weighted by Gasteiger charge is -2.33. The van der Waals surface area contributed by atoms with Crippen LogP contribution >= 0.6 is 0 Å². The van der Waals surface area contributed by atoms with Crippen LogP contribution in [0, 0.1) is 0 Å². The molecule has 1 atom stereocenters. The topological polar surface area (TPSA) is 88.5 Å². The van der Waals surface area contributed by atoms with Gasteiger partial charge in [-0.15, -0.1) is 0 Å². The summed E-state index contributed by atoms with van der Waals surface area (Å²) in [6.07, 6.45) is 2.76. The first-order chi connectivity index (χ1) is 10.2. The maximum absolute atomic E-state index is 12.6. The predicted molar refractivity (Wildman–Crippen MR) is 75.0 cm³/mol. The predicted octanol–water partition coefficient (Wildman–Crippen LogP) is -0.714. The lowest BCUT2D eigenvalue weighted by molar-refractivity contribution is -0.130. The number of hydrogen-bond donors (Lipinski definition) is 2. The van der Waals surface area contributed by atoms with Gasteiger partial charge >= 0.3 is 0 Å². The Morgan fingerprint density at radius 1 is 1.48 bits per heavy atom. The van der Waals surface area contributed by atoms with Crippen LogP contribution in [0.4, 0.5) is 5.95 Å². The first-order valence-electron chi connectivity index (χ1n) is 7.12. The average molecular weight is 293 g/mol. The molecule has 3 rings (SSSR count). The van der Waals surface area contributed by atoms with Crippen molar-refractivity contribution in [2.45, 2.75) is 19.0 Å². The fourth-order valence-electron chi connectivity index (χ4n) is 2.66. The number of likely N-dealkylation sites (N-methyl/N-ethyl adjacent to an activating group) is 1. The van der Waals surface area contributed by atoms with Crippen molar-refractivity contribution in [3.63, 3.8) is 0 Å². The number of anilines is 1. The molecule has 2 amide bonds. The Labute approximate surface area is 122 Å². The molecule has 2 N–H and O–H groups in total. The Morgan fingerprint density at radius 3 is 3.10 bits per heavy atom. The summed E-state index contributed by atoms with van der Waals surface area (Å²) < 4.78 is 7.25. The quantitative estimate of drug-likeness (QED) is 0.752. The van der Waals surface area contributed by atoms with Crippen molar-refractivity contribution in [1.29, 1.82) is 0 Å². The summed E-state index contributed by atoms with van der Waals surface area (Å²) in [5.41, 5.74) is 0.371. The smallest absolute Gasteiger partial charge is 0.274 e. The molecule has 0 saturated carbocycles. The minimum absolute atomic E-state index is 0.217. The normalized spacial score (nSPS) is 21.4. The Morgan fingerprint density at radius 2 is 2.33 bits per heavy atom. The second kappa shape index (κ2) is 5.72. The van der Waals surface area contributed by atoms with E-state index < -0.39 is 6.04 Å². The molecule has 2 aliphatic rings. The standard InChI is InChI=1S/C13H19N5O3/c1-14-11(19)10-8-21-6-5-18(10)12(20)9-7-17-4-2-3-15-13(17)16-9/h7,10H,2-6,8H2,1H3,(H,14,19)(H,15,16). The van der Waals surface area contributed by atoms with E-state index in [1.165, 1.54) is 4.90 Å². The Bertz CT molecular complexity index is 533. The van der Waals surface area contributed by atoms with Crippen LogP contribution in [0.25, 0.3) is 0 Å². The number of ether oxygens (including phenoxy) is 1. The van der Waals surface area contributed by atoms with Crippen molar-refractivity contribution in [3.05, 3.63) is 11.9 Å². The molecule has 0 aromatic carbocycles. The molecule has 1 unspecified atom stereocenters. The molecule has 0 spiro atoms. The van der Waals surface area contributed by atoms with Crippen molar-refractivity contribution >= 4 is 17.8 Å².